The lowest BCUT2D eigenvalue weighted by molar-refractivity contribution is -0.139. The number of hydrogen-bond acceptors (Lipinski definition) is 4. The number of nitrogens with zero attached hydrogens (tertiary/aromatic N) is 3. The van der Waals surface area contributed by atoms with Gasteiger partial charge in [-0.3, -0.25) is 9.69 Å². The Morgan fingerprint density at radius 3 is 2.65 bits per heavy atom. The molecule has 0 aliphatic carbocycles. The number of hydrogen-bond donors (Lipinski definition) is 0. The molecule has 0 bridgehead atoms. The molecular formula is C21H33N3O2. The van der Waals surface area contributed by atoms with Crippen molar-refractivity contribution in [2.45, 2.75) is 51.6 Å². The molecular weight excluding hydrogens is 326 g/mol. The summed E-state index contributed by atoms with van der Waals surface area (Å²) in [6.07, 6.45) is 3.38. The van der Waals surface area contributed by atoms with Gasteiger partial charge in [-0.1, -0.05) is 25.5 Å². The molecule has 2 aliphatic rings. The standard InChI is InChI=1S/C21H33N3O2/c1-5-22-13-9-8-11-18(22)20(25)23-14-15-24(21(2,3)16-23)17-10-6-7-12-19(17)26-4/h6-7,10,12,18H,5,8-9,11,13-16H2,1-4H3/t18-/m0/s1. The van der Waals surface area contributed by atoms with Gasteiger partial charge in [0.25, 0.3) is 0 Å². The highest BCUT2D eigenvalue weighted by atomic mass is 16.5. The van der Waals surface area contributed by atoms with E-state index in [1.807, 2.05) is 18.2 Å². The monoisotopic (exact) mass is 359 g/mol. The van der Waals surface area contributed by atoms with Gasteiger partial charge in [0.05, 0.1) is 24.4 Å². The predicted molar refractivity (Wildman–Crippen MR) is 106 cm³/mol. The molecule has 0 unspecified atom stereocenters. The minimum Gasteiger partial charge on any atom is -0.495 e. The Morgan fingerprint density at radius 2 is 1.96 bits per heavy atom. The molecule has 1 amide bonds. The van der Waals surface area contributed by atoms with E-state index in [0.717, 1.165) is 57.0 Å². The summed E-state index contributed by atoms with van der Waals surface area (Å²) in [5.74, 6) is 1.21. The average molecular weight is 360 g/mol. The second kappa shape index (κ2) is 7.87. The number of anilines is 1. The Labute approximate surface area is 157 Å². The summed E-state index contributed by atoms with van der Waals surface area (Å²) in [6.45, 7) is 11.0. The van der Waals surface area contributed by atoms with Gasteiger partial charge in [-0.25, -0.2) is 0 Å². The molecule has 5 heteroatoms. The summed E-state index contributed by atoms with van der Waals surface area (Å²) < 4.78 is 5.56. The number of piperidine rings is 1. The van der Waals surface area contributed by atoms with Crippen LogP contribution in [0, 0.1) is 0 Å². The van der Waals surface area contributed by atoms with Crippen LogP contribution in [-0.4, -0.2) is 67.1 Å². The maximum absolute atomic E-state index is 13.2. The second-order valence-electron chi connectivity index (χ2n) is 8.04. The molecule has 2 fully saturated rings. The fraction of sp³-hybridized carbons (Fsp3) is 0.667. The minimum absolute atomic E-state index is 0.0716. The lowest BCUT2D eigenvalue weighted by Gasteiger charge is -2.50. The summed E-state index contributed by atoms with van der Waals surface area (Å²) in [5.41, 5.74) is 0.980. The number of likely N-dealkylation sites (N-methyl/N-ethyl adjacent to an activating group) is 1. The Kier molecular flexibility index (Phi) is 5.76. The smallest absolute Gasteiger partial charge is 0.240 e. The minimum atomic E-state index is -0.131. The van der Waals surface area contributed by atoms with Gasteiger partial charge in [0.2, 0.25) is 5.91 Å². The largest absolute Gasteiger partial charge is 0.495 e. The Balaban J connectivity index is 1.75. The molecule has 0 spiro atoms. The van der Waals surface area contributed by atoms with E-state index >= 15 is 0 Å². The van der Waals surface area contributed by atoms with Crippen LogP contribution in [0.2, 0.25) is 0 Å². The van der Waals surface area contributed by atoms with Gasteiger partial charge < -0.3 is 14.5 Å². The molecule has 2 saturated heterocycles. The Bertz CT molecular complexity index is 631. The van der Waals surface area contributed by atoms with Crippen LogP contribution in [0.5, 0.6) is 5.75 Å². The normalized spacial score (nSPS) is 23.8. The van der Waals surface area contributed by atoms with E-state index < -0.39 is 0 Å². The first-order valence-corrected chi connectivity index (χ1v) is 9.91. The van der Waals surface area contributed by atoms with E-state index in [0.29, 0.717) is 5.91 Å². The Morgan fingerprint density at radius 1 is 1.19 bits per heavy atom. The fourth-order valence-electron chi connectivity index (χ4n) is 4.50. The van der Waals surface area contributed by atoms with Crippen molar-refractivity contribution in [2.24, 2.45) is 0 Å². The molecule has 1 atom stereocenters. The molecule has 2 heterocycles. The number of likely N-dealkylation sites (tertiary alicyclic amines) is 1. The fourth-order valence-corrected chi connectivity index (χ4v) is 4.50. The molecule has 144 valence electrons. The van der Waals surface area contributed by atoms with Crippen LogP contribution >= 0.6 is 0 Å². The topological polar surface area (TPSA) is 36.0 Å². The van der Waals surface area contributed by atoms with E-state index in [4.69, 9.17) is 4.74 Å². The highest BCUT2D eigenvalue weighted by Crippen LogP contribution is 2.35. The van der Waals surface area contributed by atoms with Gasteiger partial charge in [-0.2, -0.15) is 0 Å². The van der Waals surface area contributed by atoms with Gasteiger partial charge >= 0.3 is 0 Å². The van der Waals surface area contributed by atoms with Crippen molar-refractivity contribution in [3.05, 3.63) is 24.3 Å². The van der Waals surface area contributed by atoms with E-state index in [2.05, 4.69) is 41.5 Å². The molecule has 5 nitrogen and oxygen atoms in total. The van der Waals surface area contributed by atoms with Crippen molar-refractivity contribution >= 4 is 11.6 Å². The molecule has 3 rings (SSSR count). The maximum atomic E-state index is 13.2. The lowest BCUT2D eigenvalue weighted by atomic mass is 9.95. The number of piperazine rings is 1. The number of benzene rings is 1. The highest BCUT2D eigenvalue weighted by molar-refractivity contribution is 5.82. The summed E-state index contributed by atoms with van der Waals surface area (Å²) in [7, 11) is 1.72. The van der Waals surface area contributed by atoms with Crippen molar-refractivity contribution in [3.8, 4) is 5.75 Å². The van der Waals surface area contributed by atoms with Crippen LogP contribution < -0.4 is 9.64 Å². The molecule has 0 aromatic heterocycles. The molecule has 0 saturated carbocycles. The highest BCUT2D eigenvalue weighted by Gasteiger charge is 2.39. The number of para-hydroxylation sites is 2. The number of amides is 1. The van der Waals surface area contributed by atoms with E-state index in [9.17, 15) is 4.79 Å². The maximum Gasteiger partial charge on any atom is 0.240 e. The molecule has 2 aliphatic heterocycles. The first kappa shape index (κ1) is 19.0. The average Bonchev–Trinajstić information content (AvgIpc) is 2.66. The van der Waals surface area contributed by atoms with Gasteiger partial charge in [0.15, 0.2) is 0 Å². The summed E-state index contributed by atoms with van der Waals surface area (Å²) in [5, 5.41) is 0. The first-order chi connectivity index (χ1) is 12.5. The first-order valence-electron chi connectivity index (χ1n) is 9.91. The van der Waals surface area contributed by atoms with Crippen molar-refractivity contribution in [1.29, 1.82) is 0 Å². The van der Waals surface area contributed by atoms with Crippen LogP contribution in [0.4, 0.5) is 5.69 Å². The zero-order valence-corrected chi connectivity index (χ0v) is 16.7. The van der Waals surface area contributed by atoms with Gasteiger partial charge in [0, 0.05) is 19.6 Å². The van der Waals surface area contributed by atoms with Crippen LogP contribution in [0.25, 0.3) is 0 Å². The predicted octanol–water partition coefficient (Wildman–Crippen LogP) is 3.00. The van der Waals surface area contributed by atoms with Crippen molar-refractivity contribution < 1.29 is 9.53 Å². The van der Waals surface area contributed by atoms with Crippen LogP contribution in [0.1, 0.15) is 40.0 Å². The molecule has 1 aromatic rings. The number of methoxy groups -OCH3 is 1. The van der Waals surface area contributed by atoms with Crippen LogP contribution in [0.3, 0.4) is 0 Å². The summed E-state index contributed by atoms with van der Waals surface area (Å²) in [6, 6.07) is 8.23. The van der Waals surface area contributed by atoms with E-state index in [-0.39, 0.29) is 11.6 Å². The Hall–Kier alpha value is -1.75. The molecule has 26 heavy (non-hydrogen) atoms. The number of carbonyl (C=O) groups is 1. The third-order valence-corrected chi connectivity index (χ3v) is 5.89. The zero-order valence-electron chi connectivity index (χ0n) is 16.7. The molecule has 0 radical (unpaired) electrons. The summed E-state index contributed by atoms with van der Waals surface area (Å²) in [4.78, 5) is 20.0. The lowest BCUT2D eigenvalue weighted by Crippen LogP contribution is -2.63. The van der Waals surface area contributed by atoms with Crippen molar-refractivity contribution in [2.75, 3.05) is 44.7 Å². The second-order valence-corrected chi connectivity index (χ2v) is 8.04. The number of rotatable bonds is 4. The molecule has 0 N–H and O–H groups in total. The quantitative estimate of drug-likeness (QED) is 0.828. The van der Waals surface area contributed by atoms with Crippen LogP contribution in [0.15, 0.2) is 24.3 Å². The third kappa shape index (κ3) is 3.68. The van der Waals surface area contributed by atoms with Crippen LogP contribution in [-0.2, 0) is 4.79 Å². The van der Waals surface area contributed by atoms with E-state index in [1.54, 1.807) is 7.11 Å². The van der Waals surface area contributed by atoms with Crippen molar-refractivity contribution in [3.63, 3.8) is 0 Å². The van der Waals surface area contributed by atoms with E-state index in [1.165, 1.54) is 6.42 Å². The number of ether oxygens (including phenoxy) is 1. The SMILES string of the molecule is CCN1CCCC[C@H]1C(=O)N1CCN(c2ccccc2OC)C(C)(C)C1. The summed E-state index contributed by atoms with van der Waals surface area (Å²) >= 11 is 0. The van der Waals surface area contributed by atoms with Crippen molar-refractivity contribution in [1.82, 2.24) is 9.80 Å². The third-order valence-electron chi connectivity index (χ3n) is 5.89. The number of carbonyl (C=O) groups excluding carboxylic acids is 1. The zero-order chi connectivity index (χ0) is 18.7. The molecule has 1 aromatic carbocycles. The van der Waals surface area contributed by atoms with Gasteiger partial charge in [-0.15, -0.1) is 0 Å². The van der Waals surface area contributed by atoms with Gasteiger partial charge in [-0.05, 0) is 51.9 Å². The van der Waals surface area contributed by atoms with Gasteiger partial charge in [0.1, 0.15) is 5.75 Å².